The predicted octanol–water partition coefficient (Wildman–Crippen LogP) is 6.08. The van der Waals surface area contributed by atoms with Gasteiger partial charge in [0.25, 0.3) is 5.91 Å². The van der Waals surface area contributed by atoms with Gasteiger partial charge in [-0.2, -0.15) is 0 Å². The molecule has 1 atom stereocenters. The van der Waals surface area contributed by atoms with Crippen molar-refractivity contribution < 1.29 is 23.5 Å². The van der Waals surface area contributed by atoms with E-state index < -0.39 is 29.5 Å². The van der Waals surface area contributed by atoms with Crippen molar-refractivity contribution >= 4 is 57.3 Å². The summed E-state index contributed by atoms with van der Waals surface area (Å²) < 4.78 is 10.1. The summed E-state index contributed by atoms with van der Waals surface area (Å²) in [6, 6.07) is 27.7. The molecule has 4 aromatic carbocycles. The van der Waals surface area contributed by atoms with Crippen LogP contribution in [0, 0.1) is 0 Å². The molecule has 4 N–H and O–H groups in total. The molecule has 44 heavy (non-hydrogen) atoms. The molecule has 10 nitrogen and oxygen atoms in total. The Morgan fingerprint density at radius 1 is 0.773 bits per heavy atom. The number of rotatable bonds is 9. The Balaban J connectivity index is 1.33. The summed E-state index contributed by atoms with van der Waals surface area (Å²) >= 11 is 6.28. The molecule has 1 heterocycles. The first-order valence-electron chi connectivity index (χ1n) is 13.5. The summed E-state index contributed by atoms with van der Waals surface area (Å²) in [6.45, 7) is 0. The number of fused-ring (bicyclic) bond motifs is 1. The highest BCUT2D eigenvalue weighted by molar-refractivity contribution is 6.36. The van der Waals surface area contributed by atoms with Gasteiger partial charge in [-0.15, -0.1) is 0 Å². The van der Waals surface area contributed by atoms with Gasteiger partial charge < -0.3 is 30.4 Å². The lowest BCUT2D eigenvalue weighted by molar-refractivity contribution is -0.118. The highest BCUT2D eigenvalue weighted by atomic mass is 35.5. The standard InChI is InChI=1S/C33H27ClN4O6/c1-43-32-28(34)25-16-15-24(19-26(25)31(41)44-32)35-30(40)27(17-20-9-4-2-5-10-20)38-29(39)21-11-8-14-23(18-21)37-33(42)36-22-12-6-3-7-13-22/h2-16,18-19,27H,17H2,1H3,(H,35,40)(H,38,39)(H2,36,37,42). The number of nitrogens with one attached hydrogen (secondary N) is 4. The van der Waals surface area contributed by atoms with Crippen molar-refractivity contribution in [1.82, 2.24) is 5.32 Å². The average Bonchev–Trinajstić information content (AvgIpc) is 3.03. The zero-order valence-electron chi connectivity index (χ0n) is 23.4. The van der Waals surface area contributed by atoms with Crippen LogP contribution >= 0.6 is 11.6 Å². The summed E-state index contributed by atoms with van der Waals surface area (Å²) in [6.07, 6.45) is 0.189. The van der Waals surface area contributed by atoms with Crippen LogP contribution in [-0.4, -0.2) is 31.0 Å². The Morgan fingerprint density at radius 3 is 2.16 bits per heavy atom. The number of urea groups is 1. The number of para-hydroxylation sites is 1. The Hall–Kier alpha value is -5.61. The number of amides is 4. The van der Waals surface area contributed by atoms with Gasteiger partial charge in [0.2, 0.25) is 5.91 Å². The fraction of sp³-hybridized carbons (Fsp3) is 0.0909. The Bertz CT molecular complexity index is 1880. The molecular formula is C33H27ClN4O6. The molecule has 0 radical (unpaired) electrons. The molecule has 1 unspecified atom stereocenters. The molecule has 11 heteroatoms. The minimum Gasteiger partial charge on any atom is -0.467 e. The Kier molecular flexibility index (Phi) is 9.22. The lowest BCUT2D eigenvalue weighted by atomic mass is 10.0. The normalized spacial score (nSPS) is 11.3. The van der Waals surface area contributed by atoms with Crippen LogP contribution < -0.4 is 31.6 Å². The van der Waals surface area contributed by atoms with Gasteiger partial charge in [0.1, 0.15) is 11.1 Å². The minimum atomic E-state index is -0.991. The fourth-order valence-electron chi connectivity index (χ4n) is 4.49. The smallest absolute Gasteiger partial charge is 0.346 e. The second kappa shape index (κ2) is 13.6. The van der Waals surface area contributed by atoms with E-state index in [0.717, 1.165) is 5.56 Å². The maximum absolute atomic E-state index is 13.5. The van der Waals surface area contributed by atoms with Crippen molar-refractivity contribution in [3.8, 4) is 5.95 Å². The maximum Gasteiger partial charge on any atom is 0.346 e. The Morgan fingerprint density at radius 2 is 1.43 bits per heavy atom. The molecular weight excluding hydrogens is 584 g/mol. The molecule has 0 aliphatic carbocycles. The van der Waals surface area contributed by atoms with Gasteiger partial charge in [-0.1, -0.05) is 72.3 Å². The van der Waals surface area contributed by atoms with Gasteiger partial charge in [0, 0.05) is 34.4 Å². The van der Waals surface area contributed by atoms with Gasteiger partial charge in [-0.25, -0.2) is 9.59 Å². The quantitative estimate of drug-likeness (QED) is 0.160. The van der Waals surface area contributed by atoms with Gasteiger partial charge in [0.15, 0.2) is 0 Å². The highest BCUT2D eigenvalue weighted by Crippen LogP contribution is 2.31. The predicted molar refractivity (Wildman–Crippen MR) is 170 cm³/mol. The first-order valence-corrected chi connectivity index (χ1v) is 13.9. The molecule has 5 rings (SSSR count). The van der Waals surface area contributed by atoms with Gasteiger partial charge >= 0.3 is 17.6 Å². The van der Waals surface area contributed by atoms with E-state index in [1.54, 1.807) is 54.6 Å². The molecule has 1 aromatic heterocycles. The summed E-state index contributed by atoms with van der Waals surface area (Å²) in [5.74, 6) is -1.14. The van der Waals surface area contributed by atoms with E-state index in [1.807, 2.05) is 36.4 Å². The molecule has 4 amide bonds. The van der Waals surface area contributed by atoms with E-state index in [0.29, 0.717) is 22.4 Å². The third kappa shape index (κ3) is 7.23. The van der Waals surface area contributed by atoms with Crippen LogP contribution in [0.2, 0.25) is 5.02 Å². The molecule has 0 aliphatic heterocycles. The van der Waals surface area contributed by atoms with Crippen LogP contribution in [0.25, 0.3) is 10.8 Å². The first-order chi connectivity index (χ1) is 21.3. The van der Waals surface area contributed by atoms with E-state index >= 15 is 0 Å². The SMILES string of the molecule is COc1oc(=O)c2cc(NC(=O)C(Cc3ccccc3)NC(=O)c3cccc(NC(=O)Nc4ccccc4)c3)ccc2c1Cl. The van der Waals surface area contributed by atoms with Crippen molar-refractivity contribution in [2.45, 2.75) is 12.5 Å². The number of benzene rings is 4. The minimum absolute atomic E-state index is 0.109. The maximum atomic E-state index is 13.5. The number of carbonyl (C=O) groups is 3. The topological polar surface area (TPSA) is 139 Å². The van der Waals surface area contributed by atoms with Crippen LogP contribution in [0.4, 0.5) is 21.9 Å². The van der Waals surface area contributed by atoms with Crippen LogP contribution in [0.5, 0.6) is 5.95 Å². The molecule has 0 aliphatic rings. The third-order valence-electron chi connectivity index (χ3n) is 6.61. The van der Waals surface area contributed by atoms with Crippen molar-refractivity contribution in [1.29, 1.82) is 0 Å². The highest BCUT2D eigenvalue weighted by Gasteiger charge is 2.23. The van der Waals surface area contributed by atoms with Crippen LogP contribution in [0.15, 0.2) is 112 Å². The molecule has 0 spiro atoms. The number of methoxy groups -OCH3 is 1. The van der Waals surface area contributed by atoms with Crippen molar-refractivity contribution in [2.75, 3.05) is 23.1 Å². The lowest BCUT2D eigenvalue weighted by Crippen LogP contribution is -2.45. The van der Waals surface area contributed by atoms with Crippen molar-refractivity contribution in [3.05, 3.63) is 130 Å². The fourth-order valence-corrected chi connectivity index (χ4v) is 4.77. The van der Waals surface area contributed by atoms with E-state index in [2.05, 4.69) is 21.3 Å². The number of halogens is 1. The monoisotopic (exact) mass is 610 g/mol. The second-order valence-corrected chi connectivity index (χ2v) is 10.1. The van der Waals surface area contributed by atoms with E-state index in [-0.39, 0.29) is 28.3 Å². The summed E-state index contributed by atoms with van der Waals surface area (Å²) in [5, 5.41) is 11.7. The van der Waals surface area contributed by atoms with Gasteiger partial charge in [-0.3, -0.25) is 9.59 Å². The van der Waals surface area contributed by atoms with Crippen LogP contribution in [0.1, 0.15) is 15.9 Å². The second-order valence-electron chi connectivity index (χ2n) is 9.69. The third-order valence-corrected chi connectivity index (χ3v) is 6.97. The van der Waals surface area contributed by atoms with Gasteiger partial charge in [0.05, 0.1) is 12.5 Å². The largest absolute Gasteiger partial charge is 0.467 e. The lowest BCUT2D eigenvalue weighted by Gasteiger charge is -2.19. The Labute approximate surface area is 257 Å². The number of ether oxygens (including phenoxy) is 1. The average molecular weight is 611 g/mol. The molecule has 222 valence electrons. The molecule has 0 saturated heterocycles. The number of hydrogen-bond donors (Lipinski definition) is 4. The van der Waals surface area contributed by atoms with Crippen molar-refractivity contribution in [2.24, 2.45) is 0 Å². The van der Waals surface area contributed by atoms with Crippen LogP contribution in [-0.2, 0) is 11.2 Å². The van der Waals surface area contributed by atoms with E-state index in [9.17, 15) is 19.2 Å². The van der Waals surface area contributed by atoms with Crippen LogP contribution in [0.3, 0.4) is 0 Å². The summed E-state index contributed by atoms with van der Waals surface area (Å²) in [4.78, 5) is 51.8. The van der Waals surface area contributed by atoms with Gasteiger partial charge in [-0.05, 0) is 48.0 Å². The number of hydrogen-bond acceptors (Lipinski definition) is 6. The van der Waals surface area contributed by atoms with E-state index in [4.69, 9.17) is 20.8 Å². The molecule has 0 saturated carbocycles. The zero-order valence-corrected chi connectivity index (χ0v) is 24.2. The first kappa shape index (κ1) is 29.9. The van der Waals surface area contributed by atoms with E-state index in [1.165, 1.54) is 19.2 Å². The zero-order chi connectivity index (χ0) is 31.1. The molecule has 0 fully saturated rings. The summed E-state index contributed by atoms with van der Waals surface area (Å²) in [7, 11) is 1.33. The number of carbonyl (C=O) groups excluding carboxylic acids is 3. The molecule has 0 bridgehead atoms. The van der Waals surface area contributed by atoms with Crippen molar-refractivity contribution in [3.63, 3.8) is 0 Å². The summed E-state index contributed by atoms with van der Waals surface area (Å²) in [5.41, 5.74) is 1.68. The number of anilines is 3. The molecule has 5 aromatic rings.